The van der Waals surface area contributed by atoms with Gasteiger partial charge >= 0.3 is 0 Å². The van der Waals surface area contributed by atoms with Gasteiger partial charge in [-0.1, -0.05) is 71.2 Å². The van der Waals surface area contributed by atoms with E-state index in [1.54, 1.807) is 18.6 Å². The third-order valence-electron chi connectivity index (χ3n) is 3.45. The third kappa shape index (κ3) is 3.78. The van der Waals surface area contributed by atoms with Crippen LogP contribution in [-0.2, 0) is 6.54 Å². The fourth-order valence-corrected chi connectivity index (χ4v) is 3.14. The molecule has 1 aromatic heterocycles. The fourth-order valence-electron chi connectivity index (χ4n) is 2.33. The molecule has 0 aliphatic heterocycles. The minimum atomic E-state index is 0.565. The van der Waals surface area contributed by atoms with Gasteiger partial charge in [0.1, 0.15) is 0 Å². The summed E-state index contributed by atoms with van der Waals surface area (Å²) in [6, 6.07) is 15.2. The first-order valence-electron chi connectivity index (χ1n) is 7.00. The van der Waals surface area contributed by atoms with E-state index in [0.29, 0.717) is 21.6 Å². The number of rotatable bonds is 4. The van der Waals surface area contributed by atoms with Crippen molar-refractivity contribution in [3.05, 3.63) is 88.4 Å². The van der Waals surface area contributed by atoms with Crippen LogP contribution in [0.15, 0.2) is 67.3 Å². The van der Waals surface area contributed by atoms with Crippen molar-refractivity contribution in [2.45, 2.75) is 6.54 Å². The SMILES string of the molecule is Cl/C(=C(\Cn1ccnc1)c1ccc(Cl)cc1Cl)c1ccccc1. The van der Waals surface area contributed by atoms with Gasteiger partial charge in [0.2, 0.25) is 0 Å². The molecule has 0 N–H and O–H groups in total. The minimum Gasteiger partial charge on any atom is -0.333 e. The second-order valence-electron chi connectivity index (χ2n) is 5.02. The van der Waals surface area contributed by atoms with Crippen molar-refractivity contribution in [2.24, 2.45) is 0 Å². The largest absolute Gasteiger partial charge is 0.333 e. The maximum absolute atomic E-state index is 6.69. The lowest BCUT2D eigenvalue weighted by molar-refractivity contribution is 0.835. The number of allylic oxidation sites excluding steroid dienone is 1. The van der Waals surface area contributed by atoms with Crippen LogP contribution >= 0.6 is 34.8 Å². The number of halogens is 3. The van der Waals surface area contributed by atoms with Gasteiger partial charge in [-0.25, -0.2) is 4.98 Å². The van der Waals surface area contributed by atoms with E-state index >= 15 is 0 Å². The van der Waals surface area contributed by atoms with Gasteiger partial charge in [-0.2, -0.15) is 0 Å². The molecule has 0 aliphatic rings. The number of imidazole rings is 1. The van der Waals surface area contributed by atoms with Gasteiger partial charge in [0.05, 0.1) is 17.9 Å². The normalized spacial score (nSPS) is 12.1. The first-order valence-corrected chi connectivity index (χ1v) is 8.14. The topological polar surface area (TPSA) is 17.8 Å². The van der Waals surface area contributed by atoms with Crippen LogP contribution in [-0.4, -0.2) is 9.55 Å². The Labute approximate surface area is 149 Å². The molecule has 3 rings (SSSR count). The van der Waals surface area contributed by atoms with Crippen molar-refractivity contribution in [3.63, 3.8) is 0 Å². The highest BCUT2D eigenvalue weighted by molar-refractivity contribution is 6.53. The maximum atomic E-state index is 6.69. The third-order valence-corrected chi connectivity index (χ3v) is 4.44. The Kier molecular flexibility index (Phi) is 5.06. The monoisotopic (exact) mass is 362 g/mol. The van der Waals surface area contributed by atoms with E-state index in [2.05, 4.69) is 4.98 Å². The second-order valence-corrected chi connectivity index (χ2v) is 6.24. The molecule has 0 atom stereocenters. The number of hydrogen-bond donors (Lipinski definition) is 0. The quantitative estimate of drug-likeness (QED) is 0.520. The van der Waals surface area contributed by atoms with Crippen LogP contribution in [0.2, 0.25) is 10.0 Å². The molecule has 0 spiro atoms. The summed E-state index contributed by atoms with van der Waals surface area (Å²) in [5.41, 5.74) is 2.71. The molecular formula is C18H13Cl3N2. The van der Waals surface area contributed by atoms with Gasteiger partial charge in [-0.05, 0) is 28.8 Å². The maximum Gasteiger partial charge on any atom is 0.0949 e. The molecule has 0 radical (unpaired) electrons. The molecule has 0 bridgehead atoms. The van der Waals surface area contributed by atoms with Gasteiger partial charge in [0.15, 0.2) is 0 Å². The molecule has 2 nitrogen and oxygen atoms in total. The lowest BCUT2D eigenvalue weighted by Gasteiger charge is -2.14. The standard InChI is InChI=1S/C18H13Cl3N2/c19-14-6-7-15(17(20)10-14)16(11-23-9-8-22-12-23)18(21)13-4-2-1-3-5-13/h1-10,12H,11H2/b18-16+. The number of benzene rings is 2. The minimum absolute atomic E-state index is 0.565. The second kappa shape index (κ2) is 7.22. The van der Waals surface area contributed by atoms with Crippen LogP contribution < -0.4 is 0 Å². The van der Waals surface area contributed by atoms with Gasteiger partial charge in [0, 0.05) is 22.4 Å². The van der Waals surface area contributed by atoms with Gasteiger partial charge in [-0.3, -0.25) is 0 Å². The molecule has 1 heterocycles. The molecule has 23 heavy (non-hydrogen) atoms. The lowest BCUT2D eigenvalue weighted by Crippen LogP contribution is -2.00. The average Bonchev–Trinajstić information content (AvgIpc) is 3.07. The predicted octanol–water partition coefficient (Wildman–Crippen LogP) is 6.00. The highest BCUT2D eigenvalue weighted by atomic mass is 35.5. The summed E-state index contributed by atoms with van der Waals surface area (Å²) >= 11 is 19.1. The Morgan fingerprint density at radius 1 is 1.04 bits per heavy atom. The summed E-state index contributed by atoms with van der Waals surface area (Å²) in [5.74, 6) is 0. The summed E-state index contributed by atoms with van der Waals surface area (Å²) in [7, 11) is 0. The Morgan fingerprint density at radius 3 is 2.48 bits per heavy atom. The van der Waals surface area contributed by atoms with Crippen molar-refractivity contribution in [3.8, 4) is 0 Å². The summed E-state index contributed by atoms with van der Waals surface area (Å²) in [4.78, 5) is 4.08. The van der Waals surface area contributed by atoms with Crippen molar-refractivity contribution >= 4 is 45.4 Å². The molecule has 0 aliphatic carbocycles. The van der Waals surface area contributed by atoms with Crippen LogP contribution in [0.1, 0.15) is 11.1 Å². The van der Waals surface area contributed by atoms with E-state index < -0.39 is 0 Å². The molecular weight excluding hydrogens is 351 g/mol. The molecule has 0 saturated carbocycles. The van der Waals surface area contributed by atoms with E-state index in [-0.39, 0.29) is 0 Å². The number of nitrogens with zero attached hydrogens (tertiary/aromatic N) is 2. The summed E-state index contributed by atoms with van der Waals surface area (Å²) in [6.07, 6.45) is 5.37. The molecule has 116 valence electrons. The van der Waals surface area contributed by atoms with E-state index in [1.807, 2.05) is 53.2 Å². The van der Waals surface area contributed by atoms with Crippen LogP contribution in [0.3, 0.4) is 0 Å². The van der Waals surface area contributed by atoms with Crippen molar-refractivity contribution in [1.82, 2.24) is 9.55 Å². The van der Waals surface area contributed by atoms with Gasteiger partial charge in [0.25, 0.3) is 0 Å². The van der Waals surface area contributed by atoms with E-state index in [4.69, 9.17) is 34.8 Å². The van der Waals surface area contributed by atoms with Crippen LogP contribution in [0.25, 0.3) is 10.6 Å². The molecule has 5 heteroatoms. The van der Waals surface area contributed by atoms with Crippen LogP contribution in [0.5, 0.6) is 0 Å². The van der Waals surface area contributed by atoms with Gasteiger partial charge in [-0.15, -0.1) is 0 Å². The molecule has 0 fully saturated rings. The Bertz CT molecular complexity index is 825. The number of hydrogen-bond acceptors (Lipinski definition) is 1. The molecule has 2 aromatic carbocycles. The number of aromatic nitrogens is 2. The molecule has 0 amide bonds. The Morgan fingerprint density at radius 2 is 1.83 bits per heavy atom. The van der Waals surface area contributed by atoms with Crippen molar-refractivity contribution in [2.75, 3.05) is 0 Å². The zero-order valence-electron chi connectivity index (χ0n) is 12.1. The molecule has 0 unspecified atom stereocenters. The zero-order valence-corrected chi connectivity index (χ0v) is 14.4. The first kappa shape index (κ1) is 16.1. The van der Waals surface area contributed by atoms with Crippen LogP contribution in [0, 0.1) is 0 Å². The van der Waals surface area contributed by atoms with E-state index in [9.17, 15) is 0 Å². The summed E-state index contributed by atoms with van der Waals surface area (Å²) in [6.45, 7) is 0.565. The highest BCUT2D eigenvalue weighted by Gasteiger charge is 2.14. The Balaban J connectivity index is 2.13. The Hall–Kier alpha value is -1.74. The highest BCUT2D eigenvalue weighted by Crippen LogP contribution is 2.35. The average molecular weight is 364 g/mol. The zero-order chi connectivity index (χ0) is 16.2. The molecule has 0 saturated heterocycles. The van der Waals surface area contributed by atoms with Crippen molar-refractivity contribution < 1.29 is 0 Å². The van der Waals surface area contributed by atoms with Crippen LogP contribution in [0.4, 0.5) is 0 Å². The molecule has 3 aromatic rings. The fraction of sp³-hybridized carbons (Fsp3) is 0.0556. The summed E-state index contributed by atoms with van der Waals surface area (Å²) in [5, 5.41) is 1.82. The van der Waals surface area contributed by atoms with E-state index in [1.165, 1.54) is 0 Å². The lowest BCUT2D eigenvalue weighted by atomic mass is 10.0. The van der Waals surface area contributed by atoms with Gasteiger partial charge < -0.3 is 4.57 Å². The smallest absolute Gasteiger partial charge is 0.0949 e. The summed E-state index contributed by atoms with van der Waals surface area (Å²) < 4.78 is 1.95. The first-order chi connectivity index (χ1) is 11.1. The predicted molar refractivity (Wildman–Crippen MR) is 97.8 cm³/mol. The van der Waals surface area contributed by atoms with E-state index in [0.717, 1.165) is 16.7 Å². The van der Waals surface area contributed by atoms with Crippen molar-refractivity contribution in [1.29, 1.82) is 0 Å².